The lowest BCUT2D eigenvalue weighted by atomic mass is 10.1. The van der Waals surface area contributed by atoms with Gasteiger partial charge in [-0.3, -0.25) is 14.4 Å². The van der Waals surface area contributed by atoms with E-state index in [1.165, 1.54) is 12.5 Å². The molecule has 0 saturated carbocycles. The summed E-state index contributed by atoms with van der Waals surface area (Å²) >= 11 is 0. The van der Waals surface area contributed by atoms with Crippen LogP contribution >= 0.6 is 0 Å². The van der Waals surface area contributed by atoms with Gasteiger partial charge in [-0.1, -0.05) is 25.5 Å². The fourth-order valence-electron chi connectivity index (χ4n) is 2.66. The number of carboxylic acids is 1. The second-order valence-electron chi connectivity index (χ2n) is 5.89. The molecule has 6 nitrogen and oxygen atoms in total. The molecule has 23 heavy (non-hydrogen) atoms. The average Bonchev–Trinajstić information content (AvgIpc) is 2.90. The van der Waals surface area contributed by atoms with Crippen LogP contribution in [0, 0.1) is 5.92 Å². The average molecular weight is 318 g/mol. The first-order valence-electron chi connectivity index (χ1n) is 7.84. The molecule has 1 unspecified atom stereocenters. The summed E-state index contributed by atoms with van der Waals surface area (Å²) in [5, 5.41) is 11.3. The molecule has 1 fully saturated rings. The Morgan fingerprint density at radius 2 is 2.00 bits per heavy atom. The summed E-state index contributed by atoms with van der Waals surface area (Å²) in [6.07, 6.45) is 2.16. The summed E-state index contributed by atoms with van der Waals surface area (Å²) in [5.41, 5.74) is 1.99. The second kappa shape index (κ2) is 7.26. The summed E-state index contributed by atoms with van der Waals surface area (Å²) in [6, 6.07) is 6.81. The third-order valence-electron chi connectivity index (χ3n) is 4.01. The molecule has 1 aliphatic rings. The van der Waals surface area contributed by atoms with Crippen molar-refractivity contribution in [1.29, 1.82) is 0 Å². The van der Waals surface area contributed by atoms with E-state index >= 15 is 0 Å². The number of aryl methyl sites for hydroxylation is 1. The number of benzene rings is 1. The lowest BCUT2D eigenvalue weighted by Gasteiger charge is -2.17. The maximum Gasteiger partial charge on any atom is 0.325 e. The highest BCUT2D eigenvalue weighted by atomic mass is 16.4. The number of amides is 2. The summed E-state index contributed by atoms with van der Waals surface area (Å²) in [6.45, 7) is 3.80. The van der Waals surface area contributed by atoms with Gasteiger partial charge in [-0.05, 0) is 31.0 Å². The van der Waals surface area contributed by atoms with Gasteiger partial charge in [0.05, 0.1) is 5.92 Å². The number of nitrogens with zero attached hydrogens (tertiary/aromatic N) is 1. The number of nitrogens with one attached hydrogen (secondary N) is 1. The zero-order valence-corrected chi connectivity index (χ0v) is 13.4. The smallest absolute Gasteiger partial charge is 0.325 e. The number of aliphatic carboxylic acids is 1. The molecule has 0 spiro atoms. The topological polar surface area (TPSA) is 86.7 Å². The number of anilines is 1. The number of hydrogen-bond donors (Lipinski definition) is 2. The van der Waals surface area contributed by atoms with Crippen molar-refractivity contribution in [2.45, 2.75) is 39.2 Å². The van der Waals surface area contributed by atoms with Crippen LogP contribution in [0.1, 0.15) is 32.3 Å². The summed E-state index contributed by atoms with van der Waals surface area (Å²) in [4.78, 5) is 36.6. The number of rotatable bonds is 6. The van der Waals surface area contributed by atoms with Gasteiger partial charge in [0.15, 0.2) is 0 Å². The molecule has 0 aromatic heterocycles. The fraction of sp³-hybridized carbons (Fsp3) is 0.471. The number of carbonyl (C=O) groups excluding carboxylic acids is 2. The molecule has 1 aromatic carbocycles. The Labute approximate surface area is 135 Å². The molecule has 0 bridgehead atoms. The van der Waals surface area contributed by atoms with Crippen LogP contribution < -0.4 is 10.2 Å². The van der Waals surface area contributed by atoms with Crippen LogP contribution in [0.15, 0.2) is 24.3 Å². The van der Waals surface area contributed by atoms with E-state index in [-0.39, 0.29) is 18.9 Å². The van der Waals surface area contributed by atoms with Crippen LogP contribution in [-0.2, 0) is 20.8 Å². The molecule has 0 aliphatic carbocycles. The van der Waals surface area contributed by atoms with Gasteiger partial charge in [-0.2, -0.15) is 0 Å². The minimum atomic E-state index is -1.09. The molecule has 124 valence electrons. The third kappa shape index (κ3) is 4.09. The Kier molecular flexibility index (Phi) is 5.36. The van der Waals surface area contributed by atoms with Crippen LogP contribution in [0.2, 0.25) is 0 Å². The predicted octanol–water partition coefficient (Wildman–Crippen LogP) is 1.58. The lowest BCUT2D eigenvalue weighted by Crippen LogP contribution is -2.42. The molecular weight excluding hydrogens is 296 g/mol. The first kappa shape index (κ1) is 17.0. The maximum atomic E-state index is 12.1. The monoisotopic (exact) mass is 318 g/mol. The zero-order chi connectivity index (χ0) is 17.0. The fourth-order valence-corrected chi connectivity index (χ4v) is 2.66. The van der Waals surface area contributed by atoms with E-state index in [2.05, 4.69) is 12.2 Å². The van der Waals surface area contributed by atoms with Crippen molar-refractivity contribution in [2.24, 2.45) is 5.92 Å². The Balaban J connectivity index is 2.01. The molecule has 1 heterocycles. The van der Waals surface area contributed by atoms with E-state index in [9.17, 15) is 14.4 Å². The van der Waals surface area contributed by atoms with Crippen molar-refractivity contribution >= 4 is 23.5 Å². The molecule has 0 radical (unpaired) electrons. The van der Waals surface area contributed by atoms with E-state index in [1.807, 2.05) is 24.3 Å². The predicted molar refractivity (Wildman–Crippen MR) is 86.1 cm³/mol. The Morgan fingerprint density at radius 3 is 2.57 bits per heavy atom. The van der Waals surface area contributed by atoms with Crippen molar-refractivity contribution in [3.8, 4) is 0 Å². The quantitative estimate of drug-likeness (QED) is 0.834. The standard InChI is InChI=1S/C17H22N2O4/c1-3-4-12-5-7-14(8-6-12)19-10-13(9-15(19)20)16(21)18-11(2)17(22)23/h5-8,11,13H,3-4,9-10H2,1-2H3,(H,18,21)(H,22,23)/t11-,13?/m1/s1. The van der Waals surface area contributed by atoms with Crippen molar-refractivity contribution in [3.63, 3.8) is 0 Å². The van der Waals surface area contributed by atoms with Crippen molar-refractivity contribution in [1.82, 2.24) is 5.32 Å². The van der Waals surface area contributed by atoms with E-state index in [0.717, 1.165) is 18.5 Å². The lowest BCUT2D eigenvalue weighted by molar-refractivity contribution is -0.141. The normalized spacial score (nSPS) is 18.8. The van der Waals surface area contributed by atoms with E-state index in [0.29, 0.717) is 0 Å². The van der Waals surface area contributed by atoms with E-state index in [1.54, 1.807) is 4.90 Å². The summed E-state index contributed by atoms with van der Waals surface area (Å²) < 4.78 is 0. The number of carbonyl (C=O) groups is 3. The maximum absolute atomic E-state index is 12.1. The molecule has 2 amide bonds. The minimum Gasteiger partial charge on any atom is -0.480 e. The second-order valence-corrected chi connectivity index (χ2v) is 5.89. The number of carboxylic acid groups (broad SMARTS) is 1. The van der Waals surface area contributed by atoms with E-state index < -0.39 is 23.8 Å². The molecule has 1 saturated heterocycles. The molecule has 1 aromatic rings. The highest BCUT2D eigenvalue weighted by Gasteiger charge is 2.35. The molecule has 6 heteroatoms. The molecule has 2 rings (SSSR count). The van der Waals surface area contributed by atoms with Crippen molar-refractivity contribution in [2.75, 3.05) is 11.4 Å². The van der Waals surface area contributed by atoms with Crippen LogP contribution in [0.3, 0.4) is 0 Å². The molecule has 2 N–H and O–H groups in total. The van der Waals surface area contributed by atoms with Gasteiger partial charge < -0.3 is 15.3 Å². The molecule has 1 aliphatic heterocycles. The highest BCUT2D eigenvalue weighted by Crippen LogP contribution is 2.25. The Hall–Kier alpha value is -2.37. The van der Waals surface area contributed by atoms with Gasteiger partial charge in [0.25, 0.3) is 0 Å². The first-order valence-corrected chi connectivity index (χ1v) is 7.84. The van der Waals surface area contributed by atoms with Gasteiger partial charge in [0, 0.05) is 18.7 Å². The van der Waals surface area contributed by atoms with Crippen LogP contribution in [0.4, 0.5) is 5.69 Å². The van der Waals surface area contributed by atoms with Crippen molar-refractivity contribution < 1.29 is 19.5 Å². The zero-order valence-electron chi connectivity index (χ0n) is 13.4. The van der Waals surface area contributed by atoms with Crippen molar-refractivity contribution in [3.05, 3.63) is 29.8 Å². The minimum absolute atomic E-state index is 0.106. The highest BCUT2D eigenvalue weighted by molar-refractivity contribution is 6.00. The SMILES string of the molecule is CCCc1ccc(N2CC(C(=O)N[C@H](C)C(=O)O)CC2=O)cc1. The third-order valence-corrected chi connectivity index (χ3v) is 4.01. The van der Waals surface area contributed by atoms with E-state index in [4.69, 9.17) is 5.11 Å². The van der Waals surface area contributed by atoms with Gasteiger partial charge >= 0.3 is 5.97 Å². The Bertz CT molecular complexity index is 597. The Morgan fingerprint density at radius 1 is 1.35 bits per heavy atom. The van der Waals surface area contributed by atoms with Crippen LogP contribution in [0.25, 0.3) is 0 Å². The van der Waals surface area contributed by atoms with Gasteiger partial charge in [0.1, 0.15) is 6.04 Å². The van der Waals surface area contributed by atoms with Crippen LogP contribution in [0.5, 0.6) is 0 Å². The summed E-state index contributed by atoms with van der Waals surface area (Å²) in [7, 11) is 0. The van der Waals surface area contributed by atoms with Gasteiger partial charge in [-0.25, -0.2) is 0 Å². The molecule has 2 atom stereocenters. The molecular formula is C17H22N2O4. The summed E-state index contributed by atoms with van der Waals surface area (Å²) in [5.74, 6) is -2.11. The first-order chi connectivity index (χ1) is 10.9. The largest absolute Gasteiger partial charge is 0.480 e. The van der Waals surface area contributed by atoms with Gasteiger partial charge in [-0.15, -0.1) is 0 Å². The number of hydrogen-bond acceptors (Lipinski definition) is 3. The van der Waals surface area contributed by atoms with Gasteiger partial charge in [0.2, 0.25) is 11.8 Å². The van der Waals surface area contributed by atoms with Crippen LogP contribution in [-0.4, -0.2) is 35.5 Å².